The molecule has 2 aromatic carbocycles. The van der Waals surface area contributed by atoms with E-state index in [9.17, 15) is 13.2 Å². The standard InChI is InChI=1S/C18H22N2O6S/c1-20(27(5,22)23)14-9-7-6-8-13(14)18(21)19-12-10-15(24-2)17(26-4)16(11-12)25-3/h6-11H,1-5H3,(H,19,21). The highest BCUT2D eigenvalue weighted by Crippen LogP contribution is 2.40. The lowest BCUT2D eigenvalue weighted by Gasteiger charge is -2.20. The number of sulfonamides is 1. The van der Waals surface area contributed by atoms with Crippen molar-refractivity contribution in [1.29, 1.82) is 0 Å². The van der Waals surface area contributed by atoms with Gasteiger partial charge in [-0.15, -0.1) is 0 Å². The van der Waals surface area contributed by atoms with E-state index in [2.05, 4.69) is 5.32 Å². The van der Waals surface area contributed by atoms with Gasteiger partial charge in [0.15, 0.2) is 11.5 Å². The maximum atomic E-state index is 12.8. The summed E-state index contributed by atoms with van der Waals surface area (Å²) in [6.45, 7) is 0. The summed E-state index contributed by atoms with van der Waals surface area (Å²) >= 11 is 0. The van der Waals surface area contributed by atoms with Crippen molar-refractivity contribution in [3.05, 3.63) is 42.0 Å². The highest BCUT2D eigenvalue weighted by atomic mass is 32.2. The molecule has 0 saturated carbocycles. The molecule has 0 saturated heterocycles. The molecule has 8 nitrogen and oxygen atoms in total. The first-order chi connectivity index (χ1) is 12.7. The van der Waals surface area contributed by atoms with Crippen molar-refractivity contribution in [2.75, 3.05) is 44.3 Å². The molecule has 0 bridgehead atoms. The van der Waals surface area contributed by atoms with Crippen LogP contribution >= 0.6 is 0 Å². The minimum absolute atomic E-state index is 0.208. The molecule has 0 spiro atoms. The molecule has 27 heavy (non-hydrogen) atoms. The van der Waals surface area contributed by atoms with Crippen molar-refractivity contribution < 1.29 is 27.4 Å². The highest BCUT2D eigenvalue weighted by molar-refractivity contribution is 7.92. The Morgan fingerprint density at radius 1 is 1.00 bits per heavy atom. The molecule has 0 fully saturated rings. The zero-order valence-electron chi connectivity index (χ0n) is 15.8. The monoisotopic (exact) mass is 394 g/mol. The minimum Gasteiger partial charge on any atom is -0.493 e. The molecule has 0 aliphatic heterocycles. The zero-order chi connectivity index (χ0) is 20.2. The van der Waals surface area contributed by atoms with Gasteiger partial charge >= 0.3 is 0 Å². The van der Waals surface area contributed by atoms with Gasteiger partial charge in [0.05, 0.1) is 38.8 Å². The molecule has 1 N–H and O–H groups in total. The van der Waals surface area contributed by atoms with Crippen molar-refractivity contribution in [1.82, 2.24) is 0 Å². The smallest absolute Gasteiger partial charge is 0.257 e. The van der Waals surface area contributed by atoms with Gasteiger partial charge in [-0.3, -0.25) is 9.10 Å². The van der Waals surface area contributed by atoms with Crippen LogP contribution in [-0.2, 0) is 10.0 Å². The number of amides is 1. The molecule has 0 aliphatic carbocycles. The largest absolute Gasteiger partial charge is 0.493 e. The lowest BCUT2D eigenvalue weighted by Crippen LogP contribution is -2.27. The predicted octanol–water partition coefficient (Wildman–Crippen LogP) is 2.36. The van der Waals surface area contributed by atoms with E-state index >= 15 is 0 Å². The summed E-state index contributed by atoms with van der Waals surface area (Å²) in [5.74, 6) is 0.688. The Morgan fingerprint density at radius 3 is 2.04 bits per heavy atom. The predicted molar refractivity (Wildman–Crippen MR) is 104 cm³/mol. The lowest BCUT2D eigenvalue weighted by atomic mass is 10.1. The van der Waals surface area contributed by atoms with Crippen LogP contribution in [0.3, 0.4) is 0 Å². The molecule has 146 valence electrons. The Labute approximate surface area is 158 Å². The Morgan fingerprint density at radius 2 is 1.56 bits per heavy atom. The molecule has 0 heterocycles. The van der Waals surface area contributed by atoms with Gasteiger partial charge in [-0.1, -0.05) is 12.1 Å². The van der Waals surface area contributed by atoms with Crippen LogP contribution in [0.4, 0.5) is 11.4 Å². The summed E-state index contributed by atoms with van der Waals surface area (Å²) in [6.07, 6.45) is 1.07. The number of para-hydroxylation sites is 1. The van der Waals surface area contributed by atoms with Crippen molar-refractivity contribution >= 4 is 27.3 Å². The fraction of sp³-hybridized carbons (Fsp3) is 0.278. The summed E-state index contributed by atoms with van der Waals surface area (Å²) in [5.41, 5.74) is 0.885. The molecule has 9 heteroatoms. The van der Waals surface area contributed by atoms with Gasteiger partial charge in [0, 0.05) is 24.9 Å². The lowest BCUT2D eigenvalue weighted by molar-refractivity contribution is 0.102. The first-order valence-electron chi connectivity index (χ1n) is 7.87. The molecule has 0 unspecified atom stereocenters. The third-order valence-corrected chi connectivity index (χ3v) is 5.10. The van der Waals surface area contributed by atoms with Crippen molar-refractivity contribution in [3.63, 3.8) is 0 Å². The number of ether oxygens (including phenoxy) is 3. The van der Waals surface area contributed by atoms with Gasteiger partial charge in [-0.05, 0) is 12.1 Å². The summed E-state index contributed by atoms with van der Waals surface area (Å²) in [6, 6.07) is 9.59. The number of rotatable bonds is 7. The van der Waals surface area contributed by atoms with E-state index in [1.165, 1.54) is 28.4 Å². The highest BCUT2D eigenvalue weighted by Gasteiger charge is 2.20. The number of carbonyl (C=O) groups excluding carboxylic acids is 1. The maximum absolute atomic E-state index is 12.8. The summed E-state index contributed by atoms with van der Waals surface area (Å²) in [7, 11) is 2.30. The van der Waals surface area contributed by atoms with E-state index < -0.39 is 15.9 Å². The van der Waals surface area contributed by atoms with E-state index in [0.29, 0.717) is 22.9 Å². The molecule has 0 aliphatic rings. The van der Waals surface area contributed by atoms with E-state index in [1.807, 2.05) is 0 Å². The number of anilines is 2. The Bertz CT molecular complexity index is 918. The van der Waals surface area contributed by atoms with Crippen LogP contribution in [0.5, 0.6) is 17.2 Å². The minimum atomic E-state index is -3.52. The quantitative estimate of drug-likeness (QED) is 0.775. The number of hydrogen-bond acceptors (Lipinski definition) is 6. The van der Waals surface area contributed by atoms with Gasteiger partial charge < -0.3 is 19.5 Å². The van der Waals surface area contributed by atoms with Crippen LogP contribution in [0.2, 0.25) is 0 Å². The van der Waals surface area contributed by atoms with Gasteiger partial charge in [-0.25, -0.2) is 8.42 Å². The third kappa shape index (κ3) is 4.43. The van der Waals surface area contributed by atoms with E-state index in [0.717, 1.165) is 10.6 Å². The third-order valence-electron chi connectivity index (χ3n) is 3.91. The van der Waals surface area contributed by atoms with Crippen molar-refractivity contribution in [2.24, 2.45) is 0 Å². The van der Waals surface area contributed by atoms with Gasteiger partial charge in [-0.2, -0.15) is 0 Å². The van der Waals surface area contributed by atoms with E-state index in [4.69, 9.17) is 14.2 Å². The second-order valence-electron chi connectivity index (χ2n) is 5.62. The number of nitrogens with zero attached hydrogens (tertiary/aromatic N) is 1. The summed E-state index contributed by atoms with van der Waals surface area (Å²) in [4.78, 5) is 12.8. The molecule has 0 atom stereocenters. The summed E-state index contributed by atoms with van der Waals surface area (Å²) < 4.78 is 40.5. The molecular formula is C18H22N2O6S. The van der Waals surface area contributed by atoms with Crippen LogP contribution in [0, 0.1) is 0 Å². The SMILES string of the molecule is COc1cc(NC(=O)c2ccccc2N(C)S(C)(=O)=O)cc(OC)c1OC. The zero-order valence-corrected chi connectivity index (χ0v) is 16.6. The first kappa shape index (κ1) is 20.4. The second kappa shape index (κ2) is 8.17. The number of hydrogen-bond donors (Lipinski definition) is 1. The topological polar surface area (TPSA) is 94.2 Å². The van der Waals surface area contributed by atoms with Gasteiger partial charge in [0.25, 0.3) is 5.91 Å². The molecular weight excluding hydrogens is 372 g/mol. The van der Waals surface area contributed by atoms with Gasteiger partial charge in [0.2, 0.25) is 15.8 Å². The molecule has 2 aromatic rings. The van der Waals surface area contributed by atoms with E-state index in [1.54, 1.807) is 36.4 Å². The Balaban J connectivity index is 2.42. The average Bonchev–Trinajstić information content (AvgIpc) is 2.65. The average molecular weight is 394 g/mol. The molecule has 0 radical (unpaired) electrons. The number of nitrogens with one attached hydrogen (secondary N) is 1. The van der Waals surface area contributed by atoms with Crippen LogP contribution in [-0.4, -0.2) is 49.0 Å². The Hall–Kier alpha value is -2.94. The van der Waals surface area contributed by atoms with Crippen molar-refractivity contribution in [3.8, 4) is 17.2 Å². The van der Waals surface area contributed by atoms with E-state index in [-0.39, 0.29) is 11.3 Å². The second-order valence-corrected chi connectivity index (χ2v) is 7.63. The van der Waals surface area contributed by atoms with Crippen LogP contribution < -0.4 is 23.8 Å². The fourth-order valence-electron chi connectivity index (χ4n) is 2.47. The number of methoxy groups -OCH3 is 3. The fourth-order valence-corrected chi connectivity index (χ4v) is 2.99. The van der Waals surface area contributed by atoms with Gasteiger partial charge in [0.1, 0.15) is 0 Å². The normalized spacial score (nSPS) is 10.9. The first-order valence-corrected chi connectivity index (χ1v) is 9.72. The van der Waals surface area contributed by atoms with Crippen molar-refractivity contribution in [2.45, 2.75) is 0 Å². The molecule has 1 amide bonds. The summed E-state index contributed by atoms with van der Waals surface area (Å²) in [5, 5.41) is 2.73. The Kier molecular flexibility index (Phi) is 6.17. The number of carbonyl (C=O) groups is 1. The van der Waals surface area contributed by atoms with Crippen LogP contribution in [0.15, 0.2) is 36.4 Å². The van der Waals surface area contributed by atoms with Crippen LogP contribution in [0.1, 0.15) is 10.4 Å². The molecule has 2 rings (SSSR count). The maximum Gasteiger partial charge on any atom is 0.257 e. The molecule has 0 aromatic heterocycles. The number of benzene rings is 2. The van der Waals surface area contributed by atoms with Crippen LogP contribution in [0.25, 0.3) is 0 Å².